The van der Waals surface area contributed by atoms with Crippen molar-refractivity contribution >= 4 is 11.6 Å². The molecule has 0 aliphatic rings. The highest BCUT2D eigenvalue weighted by atomic mass is 35.5. The maximum atomic E-state index is 12.9. The van der Waals surface area contributed by atoms with E-state index in [-0.39, 0.29) is 27.8 Å². The minimum atomic E-state index is -4.53. The zero-order valence-corrected chi connectivity index (χ0v) is 12.6. The molecule has 2 aromatic carbocycles. The van der Waals surface area contributed by atoms with Gasteiger partial charge in [0.25, 0.3) is 0 Å². The van der Waals surface area contributed by atoms with Gasteiger partial charge in [-0.15, -0.1) is 0 Å². The molecule has 9 heteroatoms. The van der Waals surface area contributed by atoms with Crippen molar-refractivity contribution in [2.75, 3.05) is 0 Å². The Balaban J connectivity index is 2.22. The minimum absolute atomic E-state index is 0.00802. The SMILES string of the molecule is O=c1[nH]nc(-c2cccc(C(F)(F)F)c2)n1-c1cc(Cl)ccc1O. The van der Waals surface area contributed by atoms with Crippen LogP contribution in [0.25, 0.3) is 17.1 Å². The van der Waals surface area contributed by atoms with Gasteiger partial charge in [0.1, 0.15) is 5.75 Å². The zero-order chi connectivity index (χ0) is 17.5. The largest absolute Gasteiger partial charge is 0.506 e. The van der Waals surface area contributed by atoms with Crippen LogP contribution in [0, 0.1) is 0 Å². The first-order valence-corrected chi connectivity index (χ1v) is 6.99. The maximum absolute atomic E-state index is 12.9. The second-order valence-corrected chi connectivity index (χ2v) is 5.34. The molecule has 5 nitrogen and oxygen atoms in total. The van der Waals surface area contributed by atoms with Gasteiger partial charge in [0.05, 0.1) is 11.3 Å². The first kappa shape index (κ1) is 16.1. The predicted molar refractivity (Wildman–Crippen MR) is 81.3 cm³/mol. The molecule has 0 saturated carbocycles. The molecule has 24 heavy (non-hydrogen) atoms. The highest BCUT2D eigenvalue weighted by molar-refractivity contribution is 6.30. The molecular weight excluding hydrogens is 347 g/mol. The van der Waals surface area contributed by atoms with Crippen LogP contribution in [0.5, 0.6) is 5.75 Å². The highest BCUT2D eigenvalue weighted by Gasteiger charge is 2.31. The Hall–Kier alpha value is -2.74. The number of H-pyrrole nitrogens is 1. The summed E-state index contributed by atoms with van der Waals surface area (Å²) in [6.07, 6.45) is -4.53. The summed E-state index contributed by atoms with van der Waals surface area (Å²) in [7, 11) is 0. The van der Waals surface area contributed by atoms with Gasteiger partial charge in [0.15, 0.2) is 5.82 Å². The van der Waals surface area contributed by atoms with Gasteiger partial charge < -0.3 is 5.11 Å². The van der Waals surface area contributed by atoms with Crippen molar-refractivity contribution in [2.24, 2.45) is 0 Å². The smallest absolute Gasteiger partial charge is 0.416 e. The van der Waals surface area contributed by atoms with Crippen LogP contribution in [-0.4, -0.2) is 19.9 Å². The van der Waals surface area contributed by atoms with Gasteiger partial charge in [-0.3, -0.25) is 0 Å². The van der Waals surface area contributed by atoms with Crippen molar-refractivity contribution in [1.82, 2.24) is 14.8 Å². The van der Waals surface area contributed by atoms with Crippen LogP contribution < -0.4 is 5.69 Å². The van der Waals surface area contributed by atoms with Gasteiger partial charge in [0, 0.05) is 10.6 Å². The third kappa shape index (κ3) is 2.88. The average Bonchev–Trinajstić information content (AvgIpc) is 2.90. The summed E-state index contributed by atoms with van der Waals surface area (Å²) in [5, 5.41) is 16.1. The van der Waals surface area contributed by atoms with Crippen molar-refractivity contribution < 1.29 is 18.3 Å². The van der Waals surface area contributed by atoms with Crippen LogP contribution >= 0.6 is 11.6 Å². The summed E-state index contributed by atoms with van der Waals surface area (Å²) < 4.78 is 39.6. The van der Waals surface area contributed by atoms with Crippen LogP contribution in [0.3, 0.4) is 0 Å². The third-order valence-electron chi connectivity index (χ3n) is 3.30. The Bertz CT molecular complexity index is 963. The highest BCUT2D eigenvalue weighted by Crippen LogP contribution is 2.33. The second kappa shape index (κ2) is 5.72. The van der Waals surface area contributed by atoms with E-state index in [1.165, 1.54) is 30.3 Å². The normalized spacial score (nSPS) is 11.7. The molecule has 0 saturated heterocycles. The number of aromatic nitrogens is 3. The third-order valence-corrected chi connectivity index (χ3v) is 3.53. The molecule has 0 fully saturated rings. The van der Waals surface area contributed by atoms with Crippen LogP contribution in [0.4, 0.5) is 13.2 Å². The molecule has 1 aromatic heterocycles. The standard InChI is InChI=1S/C15H9ClF3N3O2/c16-10-4-5-12(23)11(7-10)22-13(20-21-14(22)24)8-2-1-3-9(6-8)15(17,18)19/h1-7,23H,(H,21,24). The quantitative estimate of drug-likeness (QED) is 0.737. The Labute approximate surface area is 137 Å². The van der Waals surface area contributed by atoms with E-state index in [9.17, 15) is 23.1 Å². The molecule has 3 aromatic rings. The van der Waals surface area contributed by atoms with Crippen LogP contribution in [0.1, 0.15) is 5.56 Å². The number of hydrogen-bond acceptors (Lipinski definition) is 3. The molecule has 0 aliphatic carbocycles. The molecule has 2 N–H and O–H groups in total. The topological polar surface area (TPSA) is 70.9 Å². The molecule has 0 bridgehead atoms. The van der Waals surface area contributed by atoms with Gasteiger partial charge in [-0.2, -0.15) is 18.3 Å². The molecule has 0 atom stereocenters. The van der Waals surface area contributed by atoms with E-state index in [4.69, 9.17) is 11.6 Å². The number of nitrogens with one attached hydrogen (secondary N) is 1. The van der Waals surface area contributed by atoms with E-state index >= 15 is 0 Å². The number of hydrogen-bond donors (Lipinski definition) is 2. The number of nitrogens with zero attached hydrogens (tertiary/aromatic N) is 2. The summed E-state index contributed by atoms with van der Waals surface area (Å²) in [4.78, 5) is 12.0. The van der Waals surface area contributed by atoms with E-state index in [1.807, 2.05) is 0 Å². The lowest BCUT2D eigenvalue weighted by atomic mass is 10.1. The molecule has 124 valence electrons. The number of phenols is 1. The van der Waals surface area contributed by atoms with Gasteiger partial charge in [-0.05, 0) is 30.3 Å². The Morgan fingerprint density at radius 3 is 2.62 bits per heavy atom. The first-order valence-electron chi connectivity index (χ1n) is 6.61. The number of phenolic OH excluding ortho intramolecular Hbond substituents is 1. The van der Waals surface area contributed by atoms with Crippen LogP contribution in [0.15, 0.2) is 47.3 Å². The number of rotatable bonds is 2. The van der Waals surface area contributed by atoms with E-state index < -0.39 is 17.4 Å². The Morgan fingerprint density at radius 1 is 1.17 bits per heavy atom. The van der Waals surface area contributed by atoms with Gasteiger partial charge in [-0.1, -0.05) is 23.7 Å². The molecular formula is C15H9ClF3N3O2. The Morgan fingerprint density at radius 2 is 1.92 bits per heavy atom. The molecule has 0 radical (unpaired) electrons. The lowest BCUT2D eigenvalue weighted by Crippen LogP contribution is -2.16. The van der Waals surface area contributed by atoms with Crippen LogP contribution in [-0.2, 0) is 6.18 Å². The first-order chi connectivity index (χ1) is 11.3. The van der Waals surface area contributed by atoms with Gasteiger partial charge >= 0.3 is 11.9 Å². The van der Waals surface area contributed by atoms with Crippen molar-refractivity contribution in [3.05, 3.63) is 63.5 Å². The molecule has 0 unspecified atom stereocenters. The van der Waals surface area contributed by atoms with Crippen molar-refractivity contribution in [3.63, 3.8) is 0 Å². The number of alkyl halides is 3. The second-order valence-electron chi connectivity index (χ2n) is 4.90. The zero-order valence-electron chi connectivity index (χ0n) is 11.8. The fraction of sp³-hybridized carbons (Fsp3) is 0.0667. The fourth-order valence-electron chi connectivity index (χ4n) is 2.22. The number of aromatic hydroxyl groups is 1. The van der Waals surface area contributed by atoms with Gasteiger partial charge in [0.2, 0.25) is 0 Å². The van der Waals surface area contributed by atoms with Crippen LogP contribution in [0.2, 0.25) is 5.02 Å². The molecule has 0 amide bonds. The summed E-state index contributed by atoms with van der Waals surface area (Å²) in [5.41, 5.74) is -1.53. The minimum Gasteiger partial charge on any atom is -0.506 e. The fourth-order valence-corrected chi connectivity index (χ4v) is 2.39. The number of benzene rings is 2. The lowest BCUT2D eigenvalue weighted by molar-refractivity contribution is -0.137. The van der Waals surface area contributed by atoms with E-state index in [0.717, 1.165) is 16.7 Å². The Kier molecular flexibility index (Phi) is 3.84. The van der Waals surface area contributed by atoms with Crippen molar-refractivity contribution in [1.29, 1.82) is 0 Å². The summed E-state index contributed by atoms with van der Waals surface area (Å²) in [6, 6.07) is 8.36. The summed E-state index contributed by atoms with van der Waals surface area (Å²) in [5.74, 6) is -0.347. The molecule has 0 spiro atoms. The molecule has 0 aliphatic heterocycles. The van der Waals surface area contributed by atoms with E-state index in [0.29, 0.717) is 0 Å². The number of halogens is 4. The number of aromatic amines is 1. The van der Waals surface area contributed by atoms with Gasteiger partial charge in [-0.25, -0.2) is 14.5 Å². The van der Waals surface area contributed by atoms with E-state index in [1.54, 1.807) is 0 Å². The van der Waals surface area contributed by atoms with Crippen molar-refractivity contribution in [2.45, 2.75) is 6.18 Å². The predicted octanol–water partition coefficient (Wildman–Crippen LogP) is 3.61. The van der Waals surface area contributed by atoms with Crippen molar-refractivity contribution in [3.8, 4) is 22.8 Å². The summed E-state index contributed by atoms with van der Waals surface area (Å²) in [6.45, 7) is 0. The molecule has 1 heterocycles. The maximum Gasteiger partial charge on any atom is 0.416 e. The average molecular weight is 356 g/mol. The van der Waals surface area contributed by atoms with E-state index in [2.05, 4.69) is 10.2 Å². The molecule has 3 rings (SSSR count). The summed E-state index contributed by atoms with van der Waals surface area (Å²) >= 11 is 5.86. The lowest BCUT2D eigenvalue weighted by Gasteiger charge is -2.10. The monoisotopic (exact) mass is 355 g/mol.